The number of phenolic OH excluding ortho intramolecular Hbond substituents is 2. The Bertz CT molecular complexity index is 1060. The molecule has 1 amide bonds. The van der Waals surface area contributed by atoms with Crippen molar-refractivity contribution in [2.45, 2.75) is 51.2 Å². The van der Waals surface area contributed by atoms with Gasteiger partial charge in [-0.15, -0.1) is 0 Å². The molecule has 1 aromatic rings. The Hall–Kier alpha value is -3.20. The average Bonchev–Trinajstić information content (AvgIpc) is 3.16. The Morgan fingerprint density at radius 3 is 2.79 bits per heavy atom. The van der Waals surface area contributed by atoms with Gasteiger partial charge in [-0.2, -0.15) is 0 Å². The standard InChI is InChI=1S/C24H27ClN2O7/c1-14-10-17-12-16(34-17)5-2-4-15(26-32-9-8-27-7-3-6-21(27)30)11-18-22(24(31)33-14)19(28)13-20(29)23(18)25/h2,4-5,13-14,17,28-29H,3,6-12H2,1H3/b4-2+,16-5-,26-15-/t14-,17+/m1/s1. The van der Waals surface area contributed by atoms with E-state index in [-0.39, 0.29) is 46.9 Å². The number of likely N-dealkylation sites (tertiary alicyclic amines) is 1. The van der Waals surface area contributed by atoms with Crippen molar-refractivity contribution < 1.29 is 34.1 Å². The number of hydrogen-bond acceptors (Lipinski definition) is 8. The Morgan fingerprint density at radius 2 is 2.06 bits per heavy atom. The fourth-order valence-corrected chi connectivity index (χ4v) is 4.41. The molecular weight excluding hydrogens is 464 g/mol. The number of allylic oxidation sites excluding steroid dienone is 3. The third kappa shape index (κ3) is 5.47. The van der Waals surface area contributed by atoms with Gasteiger partial charge in [0.05, 0.1) is 17.3 Å². The summed E-state index contributed by atoms with van der Waals surface area (Å²) in [4.78, 5) is 31.9. The number of amides is 1. The second-order valence-corrected chi connectivity index (χ2v) is 8.92. The van der Waals surface area contributed by atoms with Crippen LogP contribution in [0.3, 0.4) is 0 Å². The molecule has 1 aromatic carbocycles. The smallest absolute Gasteiger partial charge is 0.342 e. The van der Waals surface area contributed by atoms with Crippen molar-refractivity contribution in [3.8, 4) is 11.5 Å². The number of oxime groups is 1. The van der Waals surface area contributed by atoms with Gasteiger partial charge in [0.25, 0.3) is 0 Å². The largest absolute Gasteiger partial charge is 0.507 e. The van der Waals surface area contributed by atoms with E-state index in [9.17, 15) is 19.8 Å². The van der Waals surface area contributed by atoms with Crippen molar-refractivity contribution in [1.82, 2.24) is 4.90 Å². The molecule has 2 saturated heterocycles. The molecule has 2 bridgehead atoms. The van der Waals surface area contributed by atoms with Crippen LogP contribution < -0.4 is 0 Å². The van der Waals surface area contributed by atoms with Gasteiger partial charge < -0.3 is 29.4 Å². The van der Waals surface area contributed by atoms with E-state index in [0.29, 0.717) is 31.6 Å². The second kappa shape index (κ2) is 10.4. The second-order valence-electron chi connectivity index (χ2n) is 8.55. The quantitative estimate of drug-likeness (QED) is 0.377. The van der Waals surface area contributed by atoms with E-state index in [1.165, 1.54) is 0 Å². The number of fused-ring (bicyclic) bond motifs is 6. The maximum atomic E-state index is 12.9. The normalized spacial score (nSPS) is 26.5. The molecule has 0 spiro atoms. The van der Waals surface area contributed by atoms with Crippen LogP contribution in [0.15, 0.2) is 35.2 Å². The number of ether oxygens (including phenoxy) is 2. The molecular formula is C24H27ClN2O7. The first kappa shape index (κ1) is 23.9. The van der Waals surface area contributed by atoms with Crippen LogP contribution in [0.4, 0.5) is 0 Å². The van der Waals surface area contributed by atoms with Crippen LogP contribution in [0.1, 0.15) is 48.5 Å². The molecule has 5 rings (SSSR count). The van der Waals surface area contributed by atoms with Crippen molar-refractivity contribution >= 4 is 29.2 Å². The molecule has 34 heavy (non-hydrogen) atoms. The zero-order chi connectivity index (χ0) is 24.2. The summed E-state index contributed by atoms with van der Waals surface area (Å²) in [6, 6.07) is 1.01. The van der Waals surface area contributed by atoms with Gasteiger partial charge in [0.15, 0.2) is 0 Å². The summed E-state index contributed by atoms with van der Waals surface area (Å²) in [5, 5.41) is 24.7. The Labute approximate surface area is 202 Å². The minimum Gasteiger partial charge on any atom is -0.507 e. The topological polar surface area (TPSA) is 118 Å². The van der Waals surface area contributed by atoms with Crippen LogP contribution >= 0.6 is 11.6 Å². The number of phenols is 2. The van der Waals surface area contributed by atoms with Crippen LogP contribution in [0, 0.1) is 0 Å². The number of hydrogen-bond donors (Lipinski definition) is 2. The molecule has 4 heterocycles. The fraction of sp³-hybridized carbons (Fsp3) is 0.458. The van der Waals surface area contributed by atoms with Crippen molar-refractivity contribution in [1.29, 1.82) is 0 Å². The molecule has 0 saturated carbocycles. The minimum atomic E-state index is -0.758. The maximum absolute atomic E-state index is 12.9. The molecule has 2 fully saturated rings. The van der Waals surface area contributed by atoms with Gasteiger partial charge in [-0.1, -0.05) is 22.8 Å². The lowest BCUT2D eigenvalue weighted by Crippen LogP contribution is -2.30. The molecule has 10 heteroatoms. The molecule has 4 aliphatic heterocycles. The monoisotopic (exact) mass is 490 g/mol. The first-order valence-electron chi connectivity index (χ1n) is 11.3. The zero-order valence-electron chi connectivity index (χ0n) is 18.8. The number of nitrogens with zero attached hydrogens (tertiary/aromatic N) is 2. The van der Waals surface area contributed by atoms with Gasteiger partial charge in [-0.05, 0) is 31.1 Å². The van der Waals surface area contributed by atoms with Gasteiger partial charge in [0.2, 0.25) is 5.91 Å². The van der Waals surface area contributed by atoms with E-state index in [1.54, 1.807) is 24.0 Å². The molecule has 4 aliphatic rings. The van der Waals surface area contributed by atoms with Gasteiger partial charge in [-0.3, -0.25) is 4.79 Å². The van der Waals surface area contributed by atoms with Crippen molar-refractivity contribution in [2.24, 2.45) is 5.16 Å². The van der Waals surface area contributed by atoms with E-state index in [4.69, 9.17) is 25.9 Å². The predicted molar refractivity (Wildman–Crippen MR) is 124 cm³/mol. The Kier molecular flexibility index (Phi) is 7.31. The number of carbonyl (C=O) groups excluding carboxylic acids is 2. The highest BCUT2D eigenvalue weighted by atomic mass is 35.5. The Morgan fingerprint density at radius 1 is 1.26 bits per heavy atom. The number of rotatable bonds is 4. The van der Waals surface area contributed by atoms with Crippen LogP contribution in [-0.4, -0.2) is 64.6 Å². The van der Waals surface area contributed by atoms with Crippen molar-refractivity contribution in [3.05, 3.63) is 46.2 Å². The number of benzene rings is 1. The predicted octanol–water partition coefficient (Wildman–Crippen LogP) is 3.47. The fourth-order valence-electron chi connectivity index (χ4n) is 4.19. The van der Waals surface area contributed by atoms with Crippen LogP contribution in [-0.2, 0) is 25.5 Å². The molecule has 9 nitrogen and oxygen atoms in total. The lowest BCUT2D eigenvalue weighted by Gasteiger charge is -2.32. The minimum absolute atomic E-state index is 0.0224. The van der Waals surface area contributed by atoms with E-state index in [2.05, 4.69) is 5.16 Å². The van der Waals surface area contributed by atoms with Gasteiger partial charge >= 0.3 is 5.97 Å². The van der Waals surface area contributed by atoms with Gasteiger partial charge in [-0.25, -0.2) is 4.79 Å². The summed E-state index contributed by atoms with van der Waals surface area (Å²) in [6.45, 7) is 3.07. The third-order valence-corrected chi connectivity index (χ3v) is 6.33. The van der Waals surface area contributed by atoms with E-state index in [1.807, 2.05) is 6.08 Å². The summed E-state index contributed by atoms with van der Waals surface area (Å²) in [6.07, 6.45) is 7.32. The van der Waals surface area contributed by atoms with Crippen LogP contribution in [0.5, 0.6) is 11.5 Å². The first-order chi connectivity index (χ1) is 16.3. The summed E-state index contributed by atoms with van der Waals surface area (Å²) in [5.41, 5.74) is 0.414. The van der Waals surface area contributed by atoms with E-state index >= 15 is 0 Å². The van der Waals surface area contributed by atoms with Crippen LogP contribution in [0.2, 0.25) is 5.02 Å². The Balaban J connectivity index is 1.62. The summed E-state index contributed by atoms with van der Waals surface area (Å²) < 4.78 is 11.3. The molecule has 0 aliphatic carbocycles. The highest BCUT2D eigenvalue weighted by molar-refractivity contribution is 6.33. The number of halogens is 1. The maximum Gasteiger partial charge on any atom is 0.342 e. The zero-order valence-corrected chi connectivity index (χ0v) is 19.6. The molecule has 2 N–H and O–H groups in total. The van der Waals surface area contributed by atoms with Gasteiger partial charge in [0.1, 0.15) is 41.6 Å². The molecule has 0 radical (unpaired) electrons. The summed E-state index contributed by atoms with van der Waals surface area (Å²) in [5.74, 6) is -0.670. The number of carbonyl (C=O) groups is 2. The lowest BCUT2D eigenvalue weighted by molar-refractivity contribution is -0.128. The van der Waals surface area contributed by atoms with Crippen molar-refractivity contribution in [3.63, 3.8) is 0 Å². The summed E-state index contributed by atoms with van der Waals surface area (Å²) in [7, 11) is 0. The molecule has 0 aromatic heterocycles. The van der Waals surface area contributed by atoms with Crippen LogP contribution in [0.25, 0.3) is 0 Å². The highest BCUT2D eigenvalue weighted by Crippen LogP contribution is 2.38. The highest BCUT2D eigenvalue weighted by Gasteiger charge is 2.30. The number of aromatic hydroxyl groups is 2. The van der Waals surface area contributed by atoms with Crippen molar-refractivity contribution in [2.75, 3.05) is 19.7 Å². The molecule has 0 unspecified atom stereocenters. The molecule has 2 atom stereocenters. The third-order valence-electron chi connectivity index (χ3n) is 5.91. The first-order valence-corrected chi connectivity index (χ1v) is 11.6. The van der Waals surface area contributed by atoms with Gasteiger partial charge in [0, 0.05) is 38.3 Å². The lowest BCUT2D eigenvalue weighted by atomic mass is 9.98. The number of esters is 1. The van der Waals surface area contributed by atoms with E-state index in [0.717, 1.165) is 24.7 Å². The molecule has 182 valence electrons. The van der Waals surface area contributed by atoms with E-state index < -0.39 is 17.8 Å². The SMILES string of the molecule is C[C@@H]1C[C@H]2C/C(=C/C=C/C(=N/OCCN3CCCC3=O)Cc3c(Cl)c(O)cc(O)c3C(=O)O1)O2. The average molecular weight is 491 g/mol. The summed E-state index contributed by atoms with van der Waals surface area (Å²) >= 11 is 6.33.